The third kappa shape index (κ3) is 1.96. The number of Topliss-reactive ketones (excluding diaryl/α,β-unsaturated/α-hetero) is 1. The van der Waals surface area contributed by atoms with Gasteiger partial charge in [0, 0.05) is 12.3 Å². The maximum Gasteiger partial charge on any atom is 0.136 e. The molecule has 0 aromatic carbocycles. The number of allylic oxidation sites excluding steroid dienone is 1. The second-order valence-electron chi connectivity index (χ2n) is 3.63. The molecule has 0 heterocycles. The summed E-state index contributed by atoms with van der Waals surface area (Å²) in [4.78, 5) is 11.5. The van der Waals surface area contributed by atoms with Crippen molar-refractivity contribution in [1.82, 2.24) is 0 Å². The smallest absolute Gasteiger partial charge is 0.136 e. The van der Waals surface area contributed by atoms with Crippen LogP contribution in [0, 0.1) is 11.8 Å². The van der Waals surface area contributed by atoms with E-state index in [0.29, 0.717) is 17.6 Å². The van der Waals surface area contributed by atoms with E-state index >= 15 is 0 Å². The van der Waals surface area contributed by atoms with Crippen LogP contribution < -0.4 is 0 Å². The van der Waals surface area contributed by atoms with Crippen LogP contribution in [0.3, 0.4) is 0 Å². The van der Waals surface area contributed by atoms with Crippen molar-refractivity contribution in [2.24, 2.45) is 11.8 Å². The van der Waals surface area contributed by atoms with E-state index in [2.05, 4.69) is 13.5 Å². The Morgan fingerprint density at radius 3 is 2.92 bits per heavy atom. The topological polar surface area (TPSA) is 17.1 Å². The Bertz CT molecular complexity index is 172. The van der Waals surface area contributed by atoms with Gasteiger partial charge in [0.15, 0.2) is 0 Å². The molecule has 2 atom stereocenters. The van der Waals surface area contributed by atoms with Gasteiger partial charge in [-0.15, -0.1) is 6.58 Å². The number of hydrogen-bond acceptors (Lipinski definition) is 1. The molecule has 1 heteroatoms. The Morgan fingerprint density at radius 1 is 1.67 bits per heavy atom. The Hall–Kier alpha value is -0.590. The molecule has 12 heavy (non-hydrogen) atoms. The molecule has 1 saturated carbocycles. The lowest BCUT2D eigenvalue weighted by molar-refractivity contribution is -0.125. The molecule has 0 amide bonds. The molecule has 0 aromatic rings. The van der Waals surface area contributed by atoms with Crippen LogP contribution in [0.2, 0.25) is 0 Å². The van der Waals surface area contributed by atoms with E-state index in [-0.39, 0.29) is 0 Å². The standard InChI is InChI=1S/C11H18O/c1-3-9(4-2)10-7-5-6-8-11(10)12/h3,9-10H,1,4-8H2,2H3. The fourth-order valence-electron chi connectivity index (χ4n) is 2.08. The van der Waals surface area contributed by atoms with Crippen molar-refractivity contribution in [2.45, 2.75) is 39.0 Å². The fourth-order valence-corrected chi connectivity index (χ4v) is 2.08. The number of carbonyl (C=O) groups excluding carboxylic acids is 1. The van der Waals surface area contributed by atoms with Gasteiger partial charge in [0.25, 0.3) is 0 Å². The molecular weight excluding hydrogens is 148 g/mol. The van der Waals surface area contributed by atoms with E-state index in [1.54, 1.807) is 0 Å². The number of rotatable bonds is 3. The zero-order valence-corrected chi connectivity index (χ0v) is 7.88. The zero-order valence-electron chi connectivity index (χ0n) is 7.88. The summed E-state index contributed by atoms with van der Waals surface area (Å²) in [6, 6.07) is 0. The highest BCUT2D eigenvalue weighted by atomic mass is 16.1. The molecule has 0 aromatic heterocycles. The molecule has 0 N–H and O–H groups in total. The summed E-state index contributed by atoms with van der Waals surface area (Å²) >= 11 is 0. The van der Waals surface area contributed by atoms with Crippen molar-refractivity contribution in [3.8, 4) is 0 Å². The highest BCUT2D eigenvalue weighted by Crippen LogP contribution is 2.29. The van der Waals surface area contributed by atoms with Gasteiger partial charge >= 0.3 is 0 Å². The maximum atomic E-state index is 11.5. The summed E-state index contributed by atoms with van der Waals surface area (Å²) in [6.45, 7) is 5.92. The summed E-state index contributed by atoms with van der Waals surface area (Å²) in [5, 5.41) is 0. The molecule has 2 unspecified atom stereocenters. The summed E-state index contributed by atoms with van der Waals surface area (Å²) in [5.74, 6) is 1.19. The molecule has 0 spiro atoms. The number of ketones is 1. The number of carbonyl (C=O) groups is 1. The first kappa shape index (κ1) is 9.50. The van der Waals surface area contributed by atoms with Crippen molar-refractivity contribution >= 4 is 5.78 Å². The van der Waals surface area contributed by atoms with Crippen molar-refractivity contribution in [1.29, 1.82) is 0 Å². The minimum atomic E-state index is 0.293. The molecule has 0 aliphatic heterocycles. The SMILES string of the molecule is C=CC(CC)C1CCCCC1=O. The highest BCUT2D eigenvalue weighted by molar-refractivity contribution is 5.82. The van der Waals surface area contributed by atoms with E-state index in [9.17, 15) is 4.79 Å². The largest absolute Gasteiger partial charge is 0.299 e. The Labute approximate surface area is 74.9 Å². The normalized spacial score (nSPS) is 26.8. The molecule has 1 aliphatic rings. The quantitative estimate of drug-likeness (QED) is 0.589. The van der Waals surface area contributed by atoms with Crippen LogP contribution in [0.4, 0.5) is 0 Å². The summed E-state index contributed by atoms with van der Waals surface area (Å²) in [6.07, 6.45) is 7.22. The summed E-state index contributed by atoms with van der Waals surface area (Å²) in [5.41, 5.74) is 0. The first-order chi connectivity index (χ1) is 5.79. The minimum absolute atomic E-state index is 0.293. The lowest BCUT2D eigenvalue weighted by Gasteiger charge is -2.25. The molecule has 1 fully saturated rings. The minimum Gasteiger partial charge on any atom is -0.299 e. The van der Waals surface area contributed by atoms with E-state index in [1.807, 2.05) is 6.08 Å². The van der Waals surface area contributed by atoms with Crippen molar-refractivity contribution < 1.29 is 4.79 Å². The van der Waals surface area contributed by atoms with Crippen LogP contribution >= 0.6 is 0 Å². The summed E-state index contributed by atoms with van der Waals surface area (Å²) in [7, 11) is 0. The third-order valence-corrected chi connectivity index (χ3v) is 2.89. The van der Waals surface area contributed by atoms with Crippen LogP contribution in [-0.4, -0.2) is 5.78 Å². The molecule has 0 radical (unpaired) electrons. The van der Waals surface area contributed by atoms with Gasteiger partial charge < -0.3 is 0 Å². The van der Waals surface area contributed by atoms with Crippen LogP contribution in [0.5, 0.6) is 0 Å². The predicted octanol–water partition coefficient (Wildman–Crippen LogP) is 2.96. The van der Waals surface area contributed by atoms with Gasteiger partial charge in [-0.25, -0.2) is 0 Å². The molecule has 0 bridgehead atoms. The van der Waals surface area contributed by atoms with Crippen LogP contribution in [0.1, 0.15) is 39.0 Å². The van der Waals surface area contributed by atoms with Crippen LogP contribution in [0.15, 0.2) is 12.7 Å². The zero-order chi connectivity index (χ0) is 8.97. The van der Waals surface area contributed by atoms with Gasteiger partial charge in [0.05, 0.1) is 0 Å². The van der Waals surface area contributed by atoms with Crippen LogP contribution in [-0.2, 0) is 4.79 Å². The molecule has 1 nitrogen and oxygen atoms in total. The van der Waals surface area contributed by atoms with Gasteiger partial charge in [-0.1, -0.05) is 19.4 Å². The molecule has 1 rings (SSSR count). The van der Waals surface area contributed by atoms with E-state index < -0.39 is 0 Å². The van der Waals surface area contributed by atoms with Gasteiger partial charge in [-0.2, -0.15) is 0 Å². The maximum absolute atomic E-state index is 11.5. The monoisotopic (exact) mass is 166 g/mol. The van der Waals surface area contributed by atoms with Crippen LogP contribution in [0.25, 0.3) is 0 Å². The van der Waals surface area contributed by atoms with E-state index in [0.717, 1.165) is 25.7 Å². The van der Waals surface area contributed by atoms with Crippen molar-refractivity contribution in [3.05, 3.63) is 12.7 Å². The lowest BCUT2D eigenvalue weighted by Crippen LogP contribution is -2.25. The molecule has 0 saturated heterocycles. The predicted molar refractivity (Wildman–Crippen MR) is 50.9 cm³/mol. The first-order valence-electron chi connectivity index (χ1n) is 4.94. The van der Waals surface area contributed by atoms with Crippen molar-refractivity contribution in [2.75, 3.05) is 0 Å². The highest BCUT2D eigenvalue weighted by Gasteiger charge is 2.26. The Balaban J connectivity index is 2.57. The average molecular weight is 166 g/mol. The summed E-state index contributed by atoms with van der Waals surface area (Å²) < 4.78 is 0. The average Bonchev–Trinajstić information content (AvgIpc) is 2.10. The number of hydrogen-bond donors (Lipinski definition) is 0. The van der Waals surface area contributed by atoms with Gasteiger partial charge in [-0.3, -0.25) is 4.79 Å². The molecule has 1 aliphatic carbocycles. The molecular formula is C11H18O. The lowest BCUT2D eigenvalue weighted by atomic mass is 9.78. The third-order valence-electron chi connectivity index (χ3n) is 2.89. The second-order valence-corrected chi connectivity index (χ2v) is 3.63. The molecule has 68 valence electrons. The van der Waals surface area contributed by atoms with Crippen molar-refractivity contribution in [3.63, 3.8) is 0 Å². The van der Waals surface area contributed by atoms with Gasteiger partial charge in [0.1, 0.15) is 5.78 Å². The Morgan fingerprint density at radius 2 is 2.42 bits per heavy atom. The Kier molecular flexibility index (Phi) is 3.51. The second kappa shape index (κ2) is 4.44. The van der Waals surface area contributed by atoms with Gasteiger partial charge in [0.2, 0.25) is 0 Å². The van der Waals surface area contributed by atoms with Gasteiger partial charge in [-0.05, 0) is 25.2 Å². The van der Waals surface area contributed by atoms with E-state index in [4.69, 9.17) is 0 Å². The first-order valence-corrected chi connectivity index (χ1v) is 4.94. The van der Waals surface area contributed by atoms with E-state index in [1.165, 1.54) is 6.42 Å². The fraction of sp³-hybridized carbons (Fsp3) is 0.727.